The van der Waals surface area contributed by atoms with Crippen LogP contribution in [0.1, 0.15) is 201 Å². The van der Waals surface area contributed by atoms with Crippen molar-refractivity contribution in [1.82, 2.24) is 5.32 Å². The van der Waals surface area contributed by atoms with Gasteiger partial charge in [0.2, 0.25) is 5.91 Å². The Bertz CT molecular complexity index is 1020. The standard InChI is InChI=1S/C44H79NO5/c1-5-6-7-8-9-10-11-12-13-14-15-16-17-18-19-20-21-22-40(48)45-34-27-28-43(3)33(29-34)30-38(46)42-36-25-24-35(32(2)23-26-41(49)50)44(36,4)39(47)31-37(42)43/h32-39,42,46-47H,5-31H2,1-4H3,(H,45,48)(H,49,50)/t32-,33+,34+,35-,36?,37?,38?,39+,42?,43+,44-/m1/s1. The maximum atomic E-state index is 13.0. The van der Waals surface area contributed by atoms with Crippen LogP contribution in [0, 0.1) is 46.3 Å². The minimum Gasteiger partial charge on any atom is -0.481 e. The number of amides is 1. The van der Waals surface area contributed by atoms with E-state index in [0.29, 0.717) is 30.6 Å². The van der Waals surface area contributed by atoms with Gasteiger partial charge in [0, 0.05) is 18.9 Å². The number of fused-ring (bicyclic) bond motifs is 5. The molecule has 0 heterocycles. The predicted octanol–water partition coefficient (Wildman–Crippen LogP) is 10.6. The van der Waals surface area contributed by atoms with E-state index >= 15 is 0 Å². The number of unbranched alkanes of at least 4 members (excludes halogenated alkanes) is 16. The number of carboxylic acid groups (broad SMARTS) is 1. The first kappa shape index (κ1) is 41.6. The molecule has 4 saturated carbocycles. The minimum absolute atomic E-state index is 0.0774. The Labute approximate surface area is 307 Å². The van der Waals surface area contributed by atoms with Crippen LogP contribution >= 0.6 is 0 Å². The Morgan fingerprint density at radius 2 is 1.28 bits per heavy atom. The average Bonchev–Trinajstić information content (AvgIpc) is 3.44. The zero-order valence-electron chi connectivity index (χ0n) is 32.9. The van der Waals surface area contributed by atoms with Crippen LogP contribution in [0.4, 0.5) is 0 Å². The first-order valence-electron chi connectivity index (χ1n) is 21.9. The van der Waals surface area contributed by atoms with Crippen LogP contribution in [0.3, 0.4) is 0 Å². The Hall–Kier alpha value is -1.14. The van der Waals surface area contributed by atoms with Crippen LogP contribution in [0.25, 0.3) is 0 Å². The van der Waals surface area contributed by atoms with E-state index in [2.05, 4.69) is 33.0 Å². The summed E-state index contributed by atoms with van der Waals surface area (Å²) in [6.07, 6.45) is 30.1. The van der Waals surface area contributed by atoms with E-state index in [-0.39, 0.29) is 53.1 Å². The SMILES string of the molecule is CCCCCCCCCCCCCCCCCCCC(=O)N[C@H]1CC[C@]2(C)C3C[C@H](O)[C@@]4(C)C(CC[C@@H]4[C@H](C)CCC(=O)O)C3C(O)C[C@@H]2C1. The van der Waals surface area contributed by atoms with Gasteiger partial charge >= 0.3 is 5.97 Å². The summed E-state index contributed by atoms with van der Waals surface area (Å²) < 4.78 is 0. The Kier molecular flexibility index (Phi) is 16.9. The Balaban J connectivity index is 1.10. The number of carbonyl (C=O) groups is 2. The van der Waals surface area contributed by atoms with Crippen molar-refractivity contribution in [3.05, 3.63) is 0 Å². The molecule has 0 aromatic heterocycles. The summed E-state index contributed by atoms with van der Waals surface area (Å²) in [7, 11) is 0. The maximum Gasteiger partial charge on any atom is 0.303 e. The zero-order valence-corrected chi connectivity index (χ0v) is 32.9. The van der Waals surface area contributed by atoms with Gasteiger partial charge in [-0.05, 0) is 104 Å². The van der Waals surface area contributed by atoms with E-state index in [1.54, 1.807) is 0 Å². The normalized spacial score (nSPS) is 35.6. The molecule has 0 radical (unpaired) electrons. The molecule has 0 aromatic rings. The zero-order chi connectivity index (χ0) is 36.1. The first-order chi connectivity index (χ1) is 24.0. The Morgan fingerprint density at radius 1 is 0.720 bits per heavy atom. The fraction of sp³-hybridized carbons (Fsp3) is 0.955. The van der Waals surface area contributed by atoms with Gasteiger partial charge in [0.15, 0.2) is 0 Å². The van der Waals surface area contributed by atoms with E-state index < -0.39 is 12.1 Å². The molecule has 6 heteroatoms. The number of hydrogen-bond acceptors (Lipinski definition) is 4. The smallest absolute Gasteiger partial charge is 0.303 e. The lowest BCUT2D eigenvalue weighted by atomic mass is 9.43. The van der Waals surface area contributed by atoms with Crippen LogP contribution < -0.4 is 5.32 Å². The van der Waals surface area contributed by atoms with Gasteiger partial charge < -0.3 is 20.6 Å². The number of hydrogen-bond donors (Lipinski definition) is 4. The van der Waals surface area contributed by atoms with E-state index in [0.717, 1.165) is 57.8 Å². The van der Waals surface area contributed by atoms with Crippen LogP contribution in [-0.2, 0) is 9.59 Å². The van der Waals surface area contributed by atoms with Crippen molar-refractivity contribution in [3.63, 3.8) is 0 Å². The predicted molar refractivity (Wildman–Crippen MR) is 205 cm³/mol. The lowest BCUT2D eigenvalue weighted by Crippen LogP contribution is -2.63. The molecule has 0 spiro atoms. The minimum atomic E-state index is -0.746. The molecule has 4 unspecified atom stereocenters. The third-order valence-electron chi connectivity index (χ3n) is 15.2. The number of nitrogens with one attached hydrogen (secondary N) is 1. The molecule has 0 aromatic carbocycles. The van der Waals surface area contributed by atoms with Crippen molar-refractivity contribution in [2.45, 2.75) is 219 Å². The summed E-state index contributed by atoms with van der Waals surface area (Å²) in [6, 6.07) is 0.194. The third-order valence-corrected chi connectivity index (χ3v) is 15.2. The molecule has 4 rings (SSSR count). The van der Waals surface area contributed by atoms with Crippen molar-refractivity contribution in [1.29, 1.82) is 0 Å². The lowest BCUT2D eigenvalue weighted by molar-refractivity contribution is -0.202. The summed E-state index contributed by atoms with van der Waals surface area (Å²) in [6.45, 7) is 9.13. The second-order valence-corrected chi connectivity index (χ2v) is 18.5. The van der Waals surface area contributed by atoms with Crippen molar-refractivity contribution in [2.24, 2.45) is 46.3 Å². The van der Waals surface area contributed by atoms with Gasteiger partial charge in [0.05, 0.1) is 12.2 Å². The highest BCUT2D eigenvalue weighted by Crippen LogP contribution is 2.68. The van der Waals surface area contributed by atoms with Gasteiger partial charge in [0.25, 0.3) is 0 Å². The topological polar surface area (TPSA) is 107 Å². The highest BCUT2D eigenvalue weighted by molar-refractivity contribution is 5.76. The van der Waals surface area contributed by atoms with E-state index in [4.69, 9.17) is 0 Å². The third kappa shape index (κ3) is 10.7. The molecule has 4 fully saturated rings. The van der Waals surface area contributed by atoms with Gasteiger partial charge in [-0.25, -0.2) is 0 Å². The fourth-order valence-corrected chi connectivity index (χ4v) is 12.1. The largest absolute Gasteiger partial charge is 0.481 e. The molecule has 0 saturated heterocycles. The number of aliphatic hydroxyl groups excluding tert-OH is 2. The van der Waals surface area contributed by atoms with Crippen LogP contribution in [0.5, 0.6) is 0 Å². The highest BCUT2D eigenvalue weighted by atomic mass is 16.4. The van der Waals surface area contributed by atoms with Crippen molar-refractivity contribution < 1.29 is 24.9 Å². The monoisotopic (exact) mass is 702 g/mol. The molecule has 4 aliphatic rings. The molecular weight excluding hydrogens is 622 g/mol. The quantitative estimate of drug-likeness (QED) is 0.0794. The van der Waals surface area contributed by atoms with Crippen molar-refractivity contribution in [3.8, 4) is 0 Å². The lowest BCUT2D eigenvalue weighted by Gasteiger charge is -2.63. The fourth-order valence-electron chi connectivity index (χ4n) is 12.1. The number of aliphatic carboxylic acids is 1. The molecule has 290 valence electrons. The molecule has 4 N–H and O–H groups in total. The molecular formula is C44H79NO5. The maximum absolute atomic E-state index is 13.0. The summed E-state index contributed by atoms with van der Waals surface area (Å²) in [5, 5.41) is 36.2. The van der Waals surface area contributed by atoms with E-state index in [1.807, 2.05) is 0 Å². The van der Waals surface area contributed by atoms with E-state index in [1.165, 1.54) is 96.3 Å². The summed E-state index contributed by atoms with van der Waals surface area (Å²) >= 11 is 0. The summed E-state index contributed by atoms with van der Waals surface area (Å²) in [5.74, 6) is 1.14. The van der Waals surface area contributed by atoms with Crippen LogP contribution in [-0.4, -0.2) is 45.4 Å². The molecule has 11 atom stereocenters. The summed E-state index contributed by atoms with van der Waals surface area (Å²) in [5.41, 5.74) is -0.186. The number of rotatable bonds is 23. The van der Waals surface area contributed by atoms with Gasteiger partial charge in [-0.15, -0.1) is 0 Å². The molecule has 6 nitrogen and oxygen atoms in total. The van der Waals surface area contributed by atoms with Gasteiger partial charge in [-0.3, -0.25) is 9.59 Å². The first-order valence-corrected chi connectivity index (χ1v) is 21.9. The molecule has 50 heavy (non-hydrogen) atoms. The van der Waals surface area contributed by atoms with Crippen LogP contribution in [0.15, 0.2) is 0 Å². The molecule has 1 amide bonds. The van der Waals surface area contributed by atoms with Gasteiger partial charge in [-0.1, -0.05) is 130 Å². The number of carbonyl (C=O) groups excluding carboxylic acids is 1. The van der Waals surface area contributed by atoms with Crippen molar-refractivity contribution >= 4 is 11.9 Å². The highest BCUT2D eigenvalue weighted by Gasteiger charge is 2.65. The molecule has 0 bridgehead atoms. The second-order valence-electron chi connectivity index (χ2n) is 18.5. The molecule has 4 aliphatic carbocycles. The second kappa shape index (κ2) is 20.4. The number of aliphatic hydroxyl groups is 2. The van der Waals surface area contributed by atoms with Gasteiger partial charge in [0.1, 0.15) is 0 Å². The van der Waals surface area contributed by atoms with E-state index in [9.17, 15) is 24.9 Å². The van der Waals surface area contributed by atoms with Crippen molar-refractivity contribution in [2.75, 3.05) is 0 Å². The summed E-state index contributed by atoms with van der Waals surface area (Å²) in [4.78, 5) is 24.2. The van der Waals surface area contributed by atoms with Crippen LogP contribution in [0.2, 0.25) is 0 Å². The average molecular weight is 702 g/mol. The number of carboxylic acids is 1. The van der Waals surface area contributed by atoms with Gasteiger partial charge in [-0.2, -0.15) is 0 Å². The Morgan fingerprint density at radius 3 is 1.84 bits per heavy atom. The molecule has 0 aliphatic heterocycles.